The van der Waals surface area contributed by atoms with E-state index in [1.54, 1.807) is 18.2 Å². The van der Waals surface area contributed by atoms with Crippen LogP contribution >= 0.6 is 0 Å². The van der Waals surface area contributed by atoms with Gasteiger partial charge in [0.2, 0.25) is 0 Å². The van der Waals surface area contributed by atoms with Crippen molar-refractivity contribution in [2.24, 2.45) is 0 Å². The quantitative estimate of drug-likeness (QED) is 0.578. The molecule has 0 aliphatic heterocycles. The van der Waals surface area contributed by atoms with Gasteiger partial charge in [0, 0.05) is 6.08 Å². The second-order valence-electron chi connectivity index (χ2n) is 4.01. The maximum absolute atomic E-state index is 10.5. The Morgan fingerprint density at radius 3 is 2.68 bits per heavy atom. The lowest BCUT2D eigenvalue weighted by molar-refractivity contribution is -0.131. The van der Waals surface area contributed by atoms with E-state index in [0.29, 0.717) is 24.7 Å². The maximum Gasteiger partial charge on any atom is 0.328 e. The van der Waals surface area contributed by atoms with Crippen LogP contribution in [0.5, 0.6) is 11.5 Å². The number of carbonyl (C=O) groups is 1. The van der Waals surface area contributed by atoms with E-state index in [1.165, 1.54) is 6.08 Å². The Bertz CT molecular complexity index is 438. The minimum atomic E-state index is -0.970. The average Bonchev–Trinajstić information content (AvgIpc) is 2.39. The van der Waals surface area contributed by atoms with Crippen LogP contribution in [0.3, 0.4) is 0 Å². The SMILES string of the molecule is CCCCOc1cc(C=CC(=O)O)ccc1OCC. The summed E-state index contributed by atoms with van der Waals surface area (Å²) in [7, 11) is 0. The first-order valence-electron chi connectivity index (χ1n) is 6.48. The van der Waals surface area contributed by atoms with Gasteiger partial charge in [0.15, 0.2) is 11.5 Å². The Hall–Kier alpha value is -1.97. The fourth-order valence-electron chi connectivity index (χ4n) is 1.51. The minimum absolute atomic E-state index is 0.564. The summed E-state index contributed by atoms with van der Waals surface area (Å²) in [6, 6.07) is 5.39. The topological polar surface area (TPSA) is 55.8 Å². The van der Waals surface area contributed by atoms with E-state index in [4.69, 9.17) is 14.6 Å². The van der Waals surface area contributed by atoms with Gasteiger partial charge in [-0.05, 0) is 37.1 Å². The third-order valence-corrected chi connectivity index (χ3v) is 2.44. The smallest absolute Gasteiger partial charge is 0.328 e. The molecule has 4 nitrogen and oxygen atoms in total. The molecule has 0 unspecified atom stereocenters. The summed E-state index contributed by atoms with van der Waals surface area (Å²) in [6.07, 6.45) is 4.67. The van der Waals surface area contributed by atoms with Gasteiger partial charge in [-0.3, -0.25) is 0 Å². The second kappa shape index (κ2) is 8.19. The molecule has 0 spiro atoms. The molecule has 0 saturated heterocycles. The summed E-state index contributed by atoms with van der Waals surface area (Å²) in [4.78, 5) is 10.5. The van der Waals surface area contributed by atoms with E-state index >= 15 is 0 Å². The number of benzene rings is 1. The first-order chi connectivity index (χ1) is 9.17. The fraction of sp³-hybridized carbons (Fsp3) is 0.400. The molecule has 0 radical (unpaired) electrons. The van der Waals surface area contributed by atoms with Crippen molar-refractivity contribution in [3.05, 3.63) is 29.8 Å². The molecule has 19 heavy (non-hydrogen) atoms. The molecule has 0 saturated carbocycles. The summed E-state index contributed by atoms with van der Waals surface area (Å²) >= 11 is 0. The molecule has 0 aromatic heterocycles. The zero-order valence-corrected chi connectivity index (χ0v) is 11.4. The maximum atomic E-state index is 10.5. The van der Waals surface area contributed by atoms with Crippen molar-refractivity contribution >= 4 is 12.0 Å². The molecule has 1 N–H and O–H groups in total. The second-order valence-corrected chi connectivity index (χ2v) is 4.01. The Kier molecular flexibility index (Phi) is 6.50. The number of hydrogen-bond donors (Lipinski definition) is 1. The molecule has 0 aliphatic carbocycles. The monoisotopic (exact) mass is 264 g/mol. The largest absolute Gasteiger partial charge is 0.490 e. The third kappa shape index (κ3) is 5.46. The number of carboxylic acids is 1. The van der Waals surface area contributed by atoms with E-state index in [1.807, 2.05) is 6.92 Å². The summed E-state index contributed by atoms with van der Waals surface area (Å²) in [5, 5.41) is 8.61. The van der Waals surface area contributed by atoms with Crippen LogP contribution in [-0.4, -0.2) is 24.3 Å². The average molecular weight is 264 g/mol. The van der Waals surface area contributed by atoms with Crippen LogP contribution in [0.15, 0.2) is 24.3 Å². The Morgan fingerprint density at radius 2 is 2.05 bits per heavy atom. The van der Waals surface area contributed by atoms with Crippen LogP contribution in [0.1, 0.15) is 32.3 Å². The van der Waals surface area contributed by atoms with Gasteiger partial charge in [-0.15, -0.1) is 0 Å². The highest BCUT2D eigenvalue weighted by Crippen LogP contribution is 2.29. The summed E-state index contributed by atoms with van der Waals surface area (Å²) in [5.74, 6) is 0.372. The van der Waals surface area contributed by atoms with Gasteiger partial charge in [0.1, 0.15) is 0 Å². The standard InChI is InChI=1S/C15H20O4/c1-3-5-10-19-14-11-12(7-9-15(16)17)6-8-13(14)18-4-2/h6-9,11H,3-5,10H2,1-2H3,(H,16,17). The van der Waals surface area contributed by atoms with Crippen LogP contribution in [0.4, 0.5) is 0 Å². The highest BCUT2D eigenvalue weighted by atomic mass is 16.5. The number of unbranched alkanes of at least 4 members (excludes halogenated alkanes) is 1. The molecule has 0 aliphatic rings. The van der Waals surface area contributed by atoms with Gasteiger partial charge in [-0.2, -0.15) is 0 Å². The summed E-state index contributed by atoms with van der Waals surface area (Å²) in [5.41, 5.74) is 0.775. The predicted molar refractivity (Wildman–Crippen MR) is 74.7 cm³/mol. The van der Waals surface area contributed by atoms with Crippen molar-refractivity contribution in [1.29, 1.82) is 0 Å². The zero-order chi connectivity index (χ0) is 14.1. The van der Waals surface area contributed by atoms with Crippen LogP contribution in [0.2, 0.25) is 0 Å². The van der Waals surface area contributed by atoms with Crippen molar-refractivity contribution in [1.82, 2.24) is 0 Å². The van der Waals surface area contributed by atoms with Gasteiger partial charge in [0.25, 0.3) is 0 Å². The van der Waals surface area contributed by atoms with Crippen LogP contribution in [-0.2, 0) is 4.79 Å². The van der Waals surface area contributed by atoms with Crippen molar-refractivity contribution in [3.8, 4) is 11.5 Å². The lowest BCUT2D eigenvalue weighted by Gasteiger charge is -2.12. The molecule has 1 aromatic rings. The molecule has 0 bridgehead atoms. The van der Waals surface area contributed by atoms with E-state index in [-0.39, 0.29) is 0 Å². The molecule has 1 rings (SSSR count). The van der Waals surface area contributed by atoms with Gasteiger partial charge in [-0.1, -0.05) is 19.4 Å². The number of ether oxygens (including phenoxy) is 2. The number of carboxylic acid groups (broad SMARTS) is 1. The van der Waals surface area contributed by atoms with E-state index in [9.17, 15) is 4.79 Å². The van der Waals surface area contributed by atoms with E-state index in [2.05, 4.69) is 6.92 Å². The van der Waals surface area contributed by atoms with Gasteiger partial charge < -0.3 is 14.6 Å². The third-order valence-electron chi connectivity index (χ3n) is 2.44. The van der Waals surface area contributed by atoms with Gasteiger partial charge in [0.05, 0.1) is 13.2 Å². The van der Waals surface area contributed by atoms with Crippen molar-refractivity contribution in [2.75, 3.05) is 13.2 Å². The lowest BCUT2D eigenvalue weighted by Crippen LogP contribution is -2.01. The van der Waals surface area contributed by atoms with Crippen molar-refractivity contribution in [3.63, 3.8) is 0 Å². The molecular formula is C15H20O4. The van der Waals surface area contributed by atoms with Gasteiger partial charge in [-0.25, -0.2) is 4.79 Å². The molecular weight excluding hydrogens is 244 g/mol. The lowest BCUT2D eigenvalue weighted by atomic mass is 10.2. The highest BCUT2D eigenvalue weighted by Gasteiger charge is 2.05. The van der Waals surface area contributed by atoms with Crippen LogP contribution in [0, 0.1) is 0 Å². The molecule has 104 valence electrons. The molecule has 0 heterocycles. The normalized spacial score (nSPS) is 10.6. The minimum Gasteiger partial charge on any atom is -0.490 e. The molecule has 1 aromatic carbocycles. The molecule has 0 fully saturated rings. The van der Waals surface area contributed by atoms with Crippen molar-refractivity contribution < 1.29 is 19.4 Å². The Labute approximate surface area is 113 Å². The predicted octanol–water partition coefficient (Wildman–Crippen LogP) is 3.36. The first kappa shape index (κ1) is 15.1. The van der Waals surface area contributed by atoms with Crippen LogP contribution in [0.25, 0.3) is 6.08 Å². The Balaban J connectivity index is 2.86. The highest BCUT2D eigenvalue weighted by molar-refractivity contribution is 5.85. The number of hydrogen-bond acceptors (Lipinski definition) is 3. The van der Waals surface area contributed by atoms with Crippen LogP contribution < -0.4 is 9.47 Å². The fourth-order valence-corrected chi connectivity index (χ4v) is 1.51. The molecule has 4 heteroatoms. The molecule has 0 amide bonds. The molecule has 0 atom stereocenters. The van der Waals surface area contributed by atoms with E-state index < -0.39 is 5.97 Å². The Morgan fingerprint density at radius 1 is 1.26 bits per heavy atom. The number of rotatable bonds is 8. The summed E-state index contributed by atoms with van der Waals surface area (Å²) in [6.45, 7) is 5.20. The number of aliphatic carboxylic acids is 1. The van der Waals surface area contributed by atoms with Crippen molar-refractivity contribution in [2.45, 2.75) is 26.7 Å². The zero-order valence-electron chi connectivity index (χ0n) is 11.4. The summed E-state index contributed by atoms with van der Waals surface area (Å²) < 4.78 is 11.2. The first-order valence-corrected chi connectivity index (χ1v) is 6.48. The van der Waals surface area contributed by atoms with E-state index in [0.717, 1.165) is 24.5 Å². The van der Waals surface area contributed by atoms with Gasteiger partial charge >= 0.3 is 5.97 Å².